The van der Waals surface area contributed by atoms with Gasteiger partial charge in [-0.15, -0.1) is 0 Å². The summed E-state index contributed by atoms with van der Waals surface area (Å²) in [6.07, 6.45) is 4.09. The quantitative estimate of drug-likeness (QED) is 0.930. The molecule has 0 aromatic carbocycles. The summed E-state index contributed by atoms with van der Waals surface area (Å²) in [5.74, 6) is 0.843. The van der Waals surface area contributed by atoms with Gasteiger partial charge in [0.05, 0.1) is 5.69 Å². The summed E-state index contributed by atoms with van der Waals surface area (Å²) >= 11 is 0. The van der Waals surface area contributed by atoms with Crippen LogP contribution in [0.3, 0.4) is 0 Å². The summed E-state index contributed by atoms with van der Waals surface area (Å²) in [4.78, 5) is 14.4. The first-order chi connectivity index (χ1) is 10.3. The third kappa shape index (κ3) is 4.24. The minimum absolute atomic E-state index is 0.0527. The van der Waals surface area contributed by atoms with Gasteiger partial charge in [-0.25, -0.2) is 4.79 Å². The van der Waals surface area contributed by atoms with Gasteiger partial charge in [0.1, 0.15) is 5.76 Å². The van der Waals surface area contributed by atoms with Crippen LogP contribution in [0.2, 0.25) is 0 Å². The Labute approximate surface area is 133 Å². The Morgan fingerprint density at radius 2 is 2.09 bits per heavy atom. The van der Waals surface area contributed by atoms with Gasteiger partial charge in [0.15, 0.2) is 0 Å². The Bertz CT molecular complexity index is 502. The van der Waals surface area contributed by atoms with Gasteiger partial charge in [-0.05, 0) is 51.9 Å². The number of hydrogen-bond donors (Lipinski definition) is 1. The molecule has 1 aromatic heterocycles. The fraction of sp³-hybridized carbons (Fsp3) is 0.765. The lowest BCUT2D eigenvalue weighted by atomic mass is 9.85. The molecule has 1 fully saturated rings. The molecule has 1 atom stereocenters. The van der Waals surface area contributed by atoms with Crippen molar-refractivity contribution >= 4 is 6.03 Å². The van der Waals surface area contributed by atoms with Crippen molar-refractivity contribution < 1.29 is 9.32 Å². The van der Waals surface area contributed by atoms with Gasteiger partial charge in [0.25, 0.3) is 0 Å². The molecule has 1 N–H and O–H groups in total. The van der Waals surface area contributed by atoms with Gasteiger partial charge in [0.2, 0.25) is 0 Å². The Morgan fingerprint density at radius 1 is 1.36 bits per heavy atom. The van der Waals surface area contributed by atoms with Crippen LogP contribution >= 0.6 is 0 Å². The van der Waals surface area contributed by atoms with E-state index in [2.05, 4.69) is 24.3 Å². The van der Waals surface area contributed by atoms with Gasteiger partial charge in [-0.2, -0.15) is 0 Å². The highest BCUT2D eigenvalue weighted by molar-refractivity contribution is 5.74. The molecule has 0 aliphatic carbocycles. The molecule has 1 aliphatic heterocycles. The van der Waals surface area contributed by atoms with Crippen LogP contribution in [-0.2, 0) is 6.42 Å². The molecule has 0 spiro atoms. The molecule has 2 amide bonds. The smallest absolute Gasteiger partial charge is 0.317 e. The van der Waals surface area contributed by atoms with Crippen LogP contribution in [0.15, 0.2) is 4.52 Å². The molecule has 0 unspecified atom stereocenters. The fourth-order valence-corrected chi connectivity index (χ4v) is 3.08. The minimum Gasteiger partial charge on any atom is -0.361 e. The molecule has 0 bridgehead atoms. The van der Waals surface area contributed by atoms with E-state index in [1.54, 1.807) is 0 Å². The molecule has 22 heavy (non-hydrogen) atoms. The number of carbonyl (C=O) groups excluding carboxylic acids is 1. The second-order valence-electron chi connectivity index (χ2n) is 7.36. The lowest BCUT2D eigenvalue weighted by Crippen LogP contribution is -2.45. The zero-order chi connectivity index (χ0) is 16.3. The molecule has 1 aromatic rings. The maximum absolute atomic E-state index is 12.4. The number of aromatic nitrogens is 1. The maximum Gasteiger partial charge on any atom is 0.317 e. The topological polar surface area (TPSA) is 58.4 Å². The Balaban J connectivity index is 1.88. The molecule has 2 heterocycles. The van der Waals surface area contributed by atoms with E-state index in [0.29, 0.717) is 5.41 Å². The first kappa shape index (κ1) is 16.8. The third-order valence-corrected chi connectivity index (χ3v) is 4.69. The Kier molecular flexibility index (Phi) is 5.14. The Hall–Kier alpha value is -1.52. The van der Waals surface area contributed by atoms with Gasteiger partial charge in [0, 0.05) is 24.7 Å². The molecule has 1 aliphatic rings. The van der Waals surface area contributed by atoms with E-state index in [9.17, 15) is 4.79 Å². The van der Waals surface area contributed by atoms with Gasteiger partial charge >= 0.3 is 6.03 Å². The number of nitrogens with zero attached hydrogens (tertiary/aromatic N) is 2. The zero-order valence-electron chi connectivity index (χ0n) is 14.5. The first-order valence-corrected chi connectivity index (χ1v) is 8.26. The van der Waals surface area contributed by atoms with Crippen molar-refractivity contribution in [3.63, 3.8) is 0 Å². The molecule has 5 heteroatoms. The molecule has 0 saturated carbocycles. The number of urea groups is 1. The number of rotatable bonds is 3. The summed E-state index contributed by atoms with van der Waals surface area (Å²) < 4.78 is 5.18. The van der Waals surface area contributed by atoms with Gasteiger partial charge < -0.3 is 14.7 Å². The molecule has 124 valence electrons. The van der Waals surface area contributed by atoms with Crippen LogP contribution in [0, 0.1) is 19.3 Å². The van der Waals surface area contributed by atoms with Gasteiger partial charge in [-0.1, -0.05) is 19.0 Å². The molecular formula is C17H29N3O2. The molecule has 2 rings (SSSR count). The van der Waals surface area contributed by atoms with Gasteiger partial charge in [-0.3, -0.25) is 0 Å². The van der Waals surface area contributed by atoms with Crippen LogP contribution < -0.4 is 5.32 Å². The minimum atomic E-state index is 0.0527. The van der Waals surface area contributed by atoms with Crippen LogP contribution in [-0.4, -0.2) is 35.2 Å². The first-order valence-electron chi connectivity index (χ1n) is 8.26. The van der Waals surface area contributed by atoms with Crippen molar-refractivity contribution in [1.29, 1.82) is 0 Å². The van der Waals surface area contributed by atoms with Crippen LogP contribution in [0.5, 0.6) is 0 Å². The highest BCUT2D eigenvalue weighted by Crippen LogP contribution is 2.29. The standard InChI is InChI=1S/C17H29N3O2/c1-12(11-15-13(2)19-22-14(15)3)18-16(21)20-9-6-7-17(4,5)8-10-20/h12H,6-11H2,1-5H3,(H,18,21)/t12-/m1/s1. The summed E-state index contributed by atoms with van der Waals surface area (Å²) in [6, 6.07) is 0.123. The van der Waals surface area contributed by atoms with Crippen molar-refractivity contribution in [2.75, 3.05) is 13.1 Å². The highest BCUT2D eigenvalue weighted by atomic mass is 16.5. The van der Waals surface area contributed by atoms with E-state index in [0.717, 1.165) is 49.4 Å². The second kappa shape index (κ2) is 6.71. The summed E-state index contributed by atoms with van der Waals surface area (Å²) in [5, 5.41) is 7.08. The maximum atomic E-state index is 12.4. The summed E-state index contributed by atoms with van der Waals surface area (Å²) in [6.45, 7) is 12.2. The average Bonchev–Trinajstić information content (AvgIpc) is 2.63. The van der Waals surface area contributed by atoms with E-state index in [-0.39, 0.29) is 12.1 Å². The molecule has 1 saturated heterocycles. The number of hydrogen-bond acceptors (Lipinski definition) is 3. The predicted octanol–water partition coefficient (Wildman–Crippen LogP) is 3.44. The van der Waals surface area contributed by atoms with Crippen molar-refractivity contribution in [1.82, 2.24) is 15.4 Å². The number of aryl methyl sites for hydroxylation is 2. The predicted molar refractivity (Wildman–Crippen MR) is 86.9 cm³/mol. The van der Waals surface area contributed by atoms with E-state index < -0.39 is 0 Å². The summed E-state index contributed by atoms with van der Waals surface area (Å²) in [7, 11) is 0. The van der Waals surface area contributed by atoms with E-state index in [4.69, 9.17) is 4.52 Å². The van der Waals surface area contributed by atoms with Crippen LogP contribution in [0.4, 0.5) is 4.79 Å². The molecule has 0 radical (unpaired) electrons. The lowest BCUT2D eigenvalue weighted by molar-refractivity contribution is 0.194. The van der Waals surface area contributed by atoms with Crippen LogP contribution in [0.25, 0.3) is 0 Å². The third-order valence-electron chi connectivity index (χ3n) is 4.69. The Morgan fingerprint density at radius 3 is 2.73 bits per heavy atom. The lowest BCUT2D eigenvalue weighted by Gasteiger charge is -2.25. The number of amides is 2. The normalized spacial score (nSPS) is 19.6. The van der Waals surface area contributed by atoms with E-state index >= 15 is 0 Å². The number of nitrogens with one attached hydrogen (secondary N) is 1. The zero-order valence-corrected chi connectivity index (χ0v) is 14.5. The SMILES string of the molecule is Cc1noc(C)c1C[C@@H](C)NC(=O)N1CCCC(C)(C)CC1. The van der Waals surface area contributed by atoms with Crippen molar-refractivity contribution in [3.8, 4) is 0 Å². The van der Waals surface area contributed by atoms with Crippen molar-refractivity contribution in [3.05, 3.63) is 17.0 Å². The largest absolute Gasteiger partial charge is 0.361 e. The van der Waals surface area contributed by atoms with Crippen molar-refractivity contribution in [2.24, 2.45) is 5.41 Å². The number of likely N-dealkylation sites (tertiary alicyclic amines) is 1. The number of carbonyl (C=O) groups is 1. The van der Waals surface area contributed by atoms with Crippen molar-refractivity contribution in [2.45, 2.75) is 66.3 Å². The highest BCUT2D eigenvalue weighted by Gasteiger charge is 2.26. The van der Waals surface area contributed by atoms with E-state index in [1.165, 1.54) is 6.42 Å². The van der Waals surface area contributed by atoms with Crippen LogP contribution in [0.1, 0.15) is 57.1 Å². The second-order valence-corrected chi connectivity index (χ2v) is 7.36. The van der Waals surface area contributed by atoms with E-state index in [1.807, 2.05) is 25.7 Å². The molecular weight excluding hydrogens is 278 g/mol. The average molecular weight is 307 g/mol. The summed E-state index contributed by atoms with van der Waals surface area (Å²) in [5.41, 5.74) is 2.36. The molecule has 5 nitrogen and oxygen atoms in total. The fourth-order valence-electron chi connectivity index (χ4n) is 3.08. The monoisotopic (exact) mass is 307 g/mol.